The Labute approximate surface area is 506 Å². The maximum Gasteiger partial charge on any atom is 0.472 e. The first kappa shape index (κ1) is 80.0. The van der Waals surface area contributed by atoms with E-state index in [0.717, 1.165) is 44.9 Å². The van der Waals surface area contributed by atoms with Crippen molar-refractivity contribution in [3.63, 3.8) is 0 Å². The van der Waals surface area contributed by atoms with Gasteiger partial charge in [0.2, 0.25) is 5.91 Å². The number of hydrogen-bond acceptors (Lipinski definition) is 5. The predicted octanol–water partition coefficient (Wildman–Crippen LogP) is 23.1. The molecule has 1 amide bonds. The number of amides is 1. The second-order valence-corrected chi connectivity index (χ2v) is 27.8. The van der Waals surface area contributed by atoms with Gasteiger partial charge >= 0.3 is 7.82 Å². The number of rotatable bonds is 68. The maximum absolute atomic E-state index is 13.1. The van der Waals surface area contributed by atoms with E-state index in [1.54, 1.807) is 0 Å². The lowest BCUT2D eigenvalue weighted by molar-refractivity contribution is -0.870. The molecule has 0 rings (SSSR count). The summed E-state index contributed by atoms with van der Waals surface area (Å²) in [7, 11) is 1.63. The monoisotopic (exact) mass is 1160 g/mol. The van der Waals surface area contributed by atoms with Crippen molar-refractivity contribution < 1.29 is 32.9 Å². The van der Waals surface area contributed by atoms with Crippen LogP contribution in [0, 0.1) is 0 Å². The minimum atomic E-state index is -4.33. The molecule has 0 saturated carbocycles. The SMILES string of the molecule is CCCCCCC/C=C\C/C=C\CCCCCCCCCCCCCCCCCC(=O)NC(COP(=O)(O)OCC[N+](C)(C)C)C(O)CCCCCCCCCCCCCCCCCCCCCCCCCCCCCCCCCC. The number of phosphoric ester groups is 1. The highest BCUT2D eigenvalue weighted by Crippen LogP contribution is 2.43. The van der Waals surface area contributed by atoms with E-state index in [0.29, 0.717) is 23.9 Å². The summed E-state index contributed by atoms with van der Waals surface area (Å²) < 4.78 is 23.9. The summed E-state index contributed by atoms with van der Waals surface area (Å²) in [5.41, 5.74) is 0. The number of allylic oxidation sites excluding steroid dienone is 4. The number of aliphatic hydroxyl groups is 1. The van der Waals surface area contributed by atoms with Gasteiger partial charge in [-0.3, -0.25) is 13.8 Å². The minimum Gasteiger partial charge on any atom is -0.391 e. The van der Waals surface area contributed by atoms with Crippen molar-refractivity contribution in [1.82, 2.24) is 5.32 Å². The Morgan fingerprint density at radius 1 is 0.420 bits per heavy atom. The number of carbonyl (C=O) groups excluding carboxylic acids is 1. The first-order valence-corrected chi connectivity index (χ1v) is 37.7. The number of nitrogens with zero attached hydrogens (tertiary/aromatic N) is 1. The van der Waals surface area contributed by atoms with Crippen LogP contribution in [-0.4, -0.2) is 73.4 Å². The fourth-order valence-electron chi connectivity index (χ4n) is 11.3. The van der Waals surface area contributed by atoms with Crippen LogP contribution in [0.25, 0.3) is 0 Å². The van der Waals surface area contributed by atoms with E-state index in [1.165, 1.54) is 308 Å². The molecule has 0 aliphatic carbocycles. The van der Waals surface area contributed by atoms with Crippen molar-refractivity contribution in [3.8, 4) is 0 Å². The highest BCUT2D eigenvalue weighted by atomic mass is 31.2. The maximum atomic E-state index is 13.1. The molecular weight excluding hydrogens is 1020 g/mol. The molecule has 0 heterocycles. The summed E-state index contributed by atoms with van der Waals surface area (Å²) in [6.07, 6.45) is 82.9. The van der Waals surface area contributed by atoms with Crippen LogP contribution < -0.4 is 5.32 Å². The molecule has 8 nitrogen and oxygen atoms in total. The fraction of sp³-hybridized carbons (Fsp3) is 0.931. The summed E-state index contributed by atoms with van der Waals surface area (Å²) in [4.78, 5) is 23.5. The summed E-state index contributed by atoms with van der Waals surface area (Å²) >= 11 is 0. The number of hydrogen-bond donors (Lipinski definition) is 3. The molecule has 0 aliphatic heterocycles. The molecule has 0 radical (unpaired) electrons. The van der Waals surface area contributed by atoms with Crippen LogP contribution >= 0.6 is 7.82 Å². The van der Waals surface area contributed by atoms with E-state index in [-0.39, 0.29) is 19.1 Å². The van der Waals surface area contributed by atoms with Crippen molar-refractivity contribution in [2.24, 2.45) is 0 Å². The lowest BCUT2D eigenvalue weighted by atomic mass is 10.0. The second kappa shape index (κ2) is 63.5. The van der Waals surface area contributed by atoms with Gasteiger partial charge in [0.1, 0.15) is 13.2 Å². The number of carbonyl (C=O) groups is 1. The van der Waals surface area contributed by atoms with Gasteiger partial charge in [0.05, 0.1) is 39.9 Å². The number of aliphatic hydroxyl groups excluding tert-OH is 1. The van der Waals surface area contributed by atoms with E-state index in [1.807, 2.05) is 21.1 Å². The lowest BCUT2D eigenvalue weighted by Gasteiger charge is -2.26. The standard InChI is InChI=1S/C72H143N2O6P/c1-6-8-10-12-14-16-18-20-22-24-26-28-30-32-34-35-36-37-38-40-41-43-45-47-49-51-53-55-57-59-61-63-65-71(75)70(69-80-81(77,78)79-68-67-74(3,4)5)73-72(76)66-64-62-60-58-56-54-52-50-48-46-44-42-39-33-31-29-27-25-23-21-19-17-15-13-11-9-7-2/h19,21,25,27,70-71,75H,6-18,20,22-24,26,28-69H2,1-5H3,(H-,73,76,77,78)/p+1/b21-19-,27-25-. The zero-order chi connectivity index (χ0) is 59.1. The zero-order valence-corrected chi connectivity index (χ0v) is 56.2. The molecule has 0 spiro atoms. The van der Waals surface area contributed by atoms with Crippen LogP contribution in [-0.2, 0) is 18.4 Å². The minimum absolute atomic E-state index is 0.0770. The molecule has 0 aromatic heterocycles. The summed E-state index contributed by atoms with van der Waals surface area (Å²) in [6, 6.07) is -0.761. The van der Waals surface area contributed by atoms with Crippen molar-refractivity contribution in [2.45, 2.75) is 392 Å². The molecule has 0 aliphatic rings. The molecule has 0 saturated heterocycles. The van der Waals surface area contributed by atoms with E-state index in [4.69, 9.17) is 9.05 Å². The number of nitrogens with one attached hydrogen (secondary N) is 1. The number of unbranched alkanes of at least 4 members (excludes halogenated alkanes) is 51. The molecule has 482 valence electrons. The number of likely N-dealkylation sites (N-methyl/N-ethyl adjacent to an activating group) is 1. The first-order chi connectivity index (χ1) is 39.5. The lowest BCUT2D eigenvalue weighted by Crippen LogP contribution is -2.46. The van der Waals surface area contributed by atoms with Gasteiger partial charge in [-0.2, -0.15) is 0 Å². The predicted molar refractivity (Wildman–Crippen MR) is 355 cm³/mol. The molecule has 3 atom stereocenters. The van der Waals surface area contributed by atoms with Crippen molar-refractivity contribution in [1.29, 1.82) is 0 Å². The van der Waals surface area contributed by atoms with Crippen LogP contribution in [0.4, 0.5) is 0 Å². The first-order valence-electron chi connectivity index (χ1n) is 36.2. The largest absolute Gasteiger partial charge is 0.472 e. The van der Waals surface area contributed by atoms with Crippen molar-refractivity contribution >= 4 is 13.7 Å². The van der Waals surface area contributed by atoms with E-state index < -0.39 is 20.0 Å². The number of quaternary nitrogens is 1. The normalized spacial score (nSPS) is 13.7. The third-order valence-corrected chi connectivity index (χ3v) is 17.9. The molecule has 81 heavy (non-hydrogen) atoms. The third-order valence-electron chi connectivity index (χ3n) is 17.0. The van der Waals surface area contributed by atoms with Gasteiger partial charge in [-0.25, -0.2) is 4.57 Å². The van der Waals surface area contributed by atoms with Crippen LogP contribution in [0.3, 0.4) is 0 Å². The van der Waals surface area contributed by atoms with E-state index >= 15 is 0 Å². The molecule has 0 aromatic rings. The molecule has 3 unspecified atom stereocenters. The van der Waals surface area contributed by atoms with Crippen LogP contribution in [0.15, 0.2) is 24.3 Å². The van der Waals surface area contributed by atoms with Crippen molar-refractivity contribution in [3.05, 3.63) is 24.3 Å². The van der Waals surface area contributed by atoms with Gasteiger partial charge < -0.3 is 19.8 Å². The van der Waals surface area contributed by atoms with Crippen LogP contribution in [0.5, 0.6) is 0 Å². The molecule has 9 heteroatoms. The highest BCUT2D eigenvalue weighted by Gasteiger charge is 2.28. The smallest absolute Gasteiger partial charge is 0.391 e. The second-order valence-electron chi connectivity index (χ2n) is 26.3. The van der Waals surface area contributed by atoms with Gasteiger partial charge in [-0.05, 0) is 44.9 Å². The molecular formula is C72H144N2O6P+. The number of phosphoric acid groups is 1. The quantitative estimate of drug-likeness (QED) is 0.0243. The molecule has 0 bridgehead atoms. The molecule has 0 fully saturated rings. The Bertz CT molecular complexity index is 1370. The summed E-state index contributed by atoms with van der Waals surface area (Å²) in [5, 5.41) is 14.2. The van der Waals surface area contributed by atoms with E-state index in [2.05, 4.69) is 43.5 Å². The Balaban J connectivity index is 3.98. The van der Waals surface area contributed by atoms with E-state index in [9.17, 15) is 19.4 Å². The Hall–Kier alpha value is -1.02. The molecule has 3 N–H and O–H groups in total. The van der Waals surface area contributed by atoms with Gasteiger partial charge in [-0.15, -0.1) is 0 Å². The van der Waals surface area contributed by atoms with Crippen LogP contribution in [0.1, 0.15) is 380 Å². The zero-order valence-electron chi connectivity index (χ0n) is 55.3. The average molecular weight is 1160 g/mol. The van der Waals surface area contributed by atoms with Crippen LogP contribution in [0.2, 0.25) is 0 Å². The average Bonchev–Trinajstić information content (AvgIpc) is 3.43. The van der Waals surface area contributed by atoms with Gasteiger partial charge in [-0.1, -0.05) is 353 Å². The summed E-state index contributed by atoms with van der Waals surface area (Å²) in [5.74, 6) is -0.137. The Morgan fingerprint density at radius 2 is 0.704 bits per heavy atom. The van der Waals surface area contributed by atoms with Gasteiger partial charge in [0.15, 0.2) is 0 Å². The Kier molecular flexibility index (Phi) is 62.7. The highest BCUT2D eigenvalue weighted by molar-refractivity contribution is 7.47. The third kappa shape index (κ3) is 66.4. The van der Waals surface area contributed by atoms with Gasteiger partial charge in [0.25, 0.3) is 0 Å². The fourth-order valence-corrected chi connectivity index (χ4v) is 12.1. The van der Waals surface area contributed by atoms with Gasteiger partial charge in [0, 0.05) is 6.42 Å². The topological polar surface area (TPSA) is 105 Å². The van der Waals surface area contributed by atoms with Crippen molar-refractivity contribution in [2.75, 3.05) is 40.9 Å². The molecule has 0 aromatic carbocycles. The Morgan fingerprint density at radius 3 is 1.01 bits per heavy atom. The summed E-state index contributed by atoms with van der Waals surface area (Å²) in [6.45, 7) is 4.94.